The highest BCUT2D eigenvalue weighted by Crippen LogP contribution is 2.26. The first-order valence-electron chi connectivity index (χ1n) is 5.23. The molecule has 0 saturated carbocycles. The Morgan fingerprint density at radius 2 is 2.60 bits per heavy atom. The number of likely N-dealkylation sites (N-methyl/N-ethyl adjacent to an activating group) is 1. The van der Waals surface area contributed by atoms with Gasteiger partial charge in [0.25, 0.3) is 0 Å². The van der Waals surface area contributed by atoms with Crippen LogP contribution in [0.15, 0.2) is 6.20 Å². The molecule has 1 aliphatic rings. The van der Waals surface area contributed by atoms with Crippen LogP contribution in [0.5, 0.6) is 0 Å². The van der Waals surface area contributed by atoms with Crippen LogP contribution in [-0.4, -0.2) is 22.7 Å². The summed E-state index contributed by atoms with van der Waals surface area (Å²) >= 11 is 0. The van der Waals surface area contributed by atoms with Gasteiger partial charge >= 0.3 is 0 Å². The molecule has 82 valence electrons. The summed E-state index contributed by atoms with van der Waals surface area (Å²) < 4.78 is 1.68. The SMILES string of the molecule is CNC(=O)Cn1cc2c(n1)C(N)CCC2. The molecule has 0 fully saturated rings. The maximum Gasteiger partial charge on any atom is 0.241 e. The molecule has 15 heavy (non-hydrogen) atoms. The predicted octanol–water partition coefficient (Wildman–Crippen LogP) is -0.0348. The van der Waals surface area contributed by atoms with E-state index in [0.717, 1.165) is 25.0 Å². The molecule has 1 aromatic heterocycles. The fraction of sp³-hybridized carbons (Fsp3) is 0.600. The van der Waals surface area contributed by atoms with Crippen molar-refractivity contribution >= 4 is 5.91 Å². The van der Waals surface area contributed by atoms with Crippen molar-refractivity contribution in [2.24, 2.45) is 5.73 Å². The van der Waals surface area contributed by atoms with E-state index in [2.05, 4.69) is 10.4 Å². The number of hydrogen-bond donors (Lipinski definition) is 2. The lowest BCUT2D eigenvalue weighted by atomic mass is 9.95. The van der Waals surface area contributed by atoms with Crippen molar-refractivity contribution in [3.05, 3.63) is 17.5 Å². The molecule has 0 radical (unpaired) electrons. The van der Waals surface area contributed by atoms with E-state index in [1.54, 1.807) is 11.7 Å². The third kappa shape index (κ3) is 2.02. The molecule has 1 heterocycles. The Morgan fingerprint density at radius 1 is 1.80 bits per heavy atom. The van der Waals surface area contributed by atoms with Crippen LogP contribution in [0.1, 0.15) is 30.1 Å². The number of aromatic nitrogens is 2. The second-order valence-corrected chi connectivity index (χ2v) is 3.91. The topological polar surface area (TPSA) is 72.9 Å². The Morgan fingerprint density at radius 3 is 3.27 bits per heavy atom. The van der Waals surface area contributed by atoms with Crippen molar-refractivity contribution in [3.8, 4) is 0 Å². The van der Waals surface area contributed by atoms with E-state index in [-0.39, 0.29) is 18.5 Å². The van der Waals surface area contributed by atoms with Gasteiger partial charge in [-0.05, 0) is 24.8 Å². The molecule has 5 nitrogen and oxygen atoms in total. The van der Waals surface area contributed by atoms with Crippen LogP contribution in [0.4, 0.5) is 0 Å². The molecule has 0 saturated heterocycles. The number of amides is 1. The van der Waals surface area contributed by atoms with Gasteiger partial charge < -0.3 is 11.1 Å². The van der Waals surface area contributed by atoms with Gasteiger partial charge in [0, 0.05) is 19.3 Å². The maximum absolute atomic E-state index is 11.2. The van der Waals surface area contributed by atoms with Gasteiger partial charge in [-0.2, -0.15) is 5.10 Å². The third-order valence-electron chi connectivity index (χ3n) is 2.77. The van der Waals surface area contributed by atoms with Gasteiger partial charge in [-0.25, -0.2) is 0 Å². The summed E-state index contributed by atoms with van der Waals surface area (Å²) in [6, 6.07) is 0.0414. The Bertz CT molecular complexity index is 371. The molecule has 0 aromatic carbocycles. The molecule has 0 spiro atoms. The van der Waals surface area contributed by atoms with E-state index in [1.165, 1.54) is 5.56 Å². The normalized spacial score (nSPS) is 19.7. The lowest BCUT2D eigenvalue weighted by molar-refractivity contribution is -0.121. The minimum absolute atomic E-state index is 0.0385. The van der Waals surface area contributed by atoms with Gasteiger partial charge in [0.05, 0.1) is 5.69 Å². The van der Waals surface area contributed by atoms with Crippen LogP contribution in [0.2, 0.25) is 0 Å². The number of carbonyl (C=O) groups excluding carboxylic acids is 1. The molecule has 0 bridgehead atoms. The highest BCUT2D eigenvalue weighted by molar-refractivity contribution is 5.75. The van der Waals surface area contributed by atoms with Gasteiger partial charge in [-0.15, -0.1) is 0 Å². The molecule has 1 unspecified atom stereocenters. The number of aryl methyl sites for hydroxylation is 1. The van der Waals surface area contributed by atoms with E-state index in [9.17, 15) is 4.79 Å². The zero-order valence-electron chi connectivity index (χ0n) is 8.86. The maximum atomic E-state index is 11.2. The minimum Gasteiger partial charge on any atom is -0.358 e. The van der Waals surface area contributed by atoms with E-state index in [0.29, 0.717) is 0 Å². The minimum atomic E-state index is -0.0385. The summed E-state index contributed by atoms with van der Waals surface area (Å²) in [5, 5.41) is 6.92. The smallest absolute Gasteiger partial charge is 0.241 e. The molecule has 2 rings (SSSR count). The standard InChI is InChI=1S/C10H16N4O/c1-12-9(15)6-14-5-7-3-2-4-8(11)10(7)13-14/h5,8H,2-4,6,11H2,1H3,(H,12,15). The first-order valence-corrected chi connectivity index (χ1v) is 5.23. The number of nitrogens with two attached hydrogens (primary N) is 1. The van der Waals surface area contributed by atoms with Crippen molar-refractivity contribution in [3.63, 3.8) is 0 Å². The lowest BCUT2D eigenvalue weighted by Gasteiger charge is -2.15. The zero-order valence-corrected chi connectivity index (χ0v) is 8.86. The molecular weight excluding hydrogens is 192 g/mol. The highest BCUT2D eigenvalue weighted by atomic mass is 16.1. The van der Waals surface area contributed by atoms with Gasteiger partial charge in [0.2, 0.25) is 5.91 Å². The third-order valence-corrected chi connectivity index (χ3v) is 2.77. The largest absolute Gasteiger partial charge is 0.358 e. The van der Waals surface area contributed by atoms with E-state index in [1.807, 2.05) is 6.20 Å². The Hall–Kier alpha value is -1.36. The molecule has 3 N–H and O–H groups in total. The lowest BCUT2D eigenvalue weighted by Crippen LogP contribution is -2.24. The molecule has 1 aliphatic carbocycles. The number of carbonyl (C=O) groups is 1. The van der Waals surface area contributed by atoms with E-state index < -0.39 is 0 Å². The number of hydrogen-bond acceptors (Lipinski definition) is 3. The first kappa shape index (κ1) is 10.2. The second kappa shape index (κ2) is 4.02. The van der Waals surface area contributed by atoms with E-state index in [4.69, 9.17) is 5.73 Å². The number of nitrogens with one attached hydrogen (secondary N) is 1. The van der Waals surface area contributed by atoms with Crippen LogP contribution in [0.25, 0.3) is 0 Å². The quantitative estimate of drug-likeness (QED) is 0.716. The summed E-state index contributed by atoms with van der Waals surface area (Å²) in [6.07, 6.45) is 5.06. The Labute approximate surface area is 88.6 Å². The molecular formula is C10H16N4O. The van der Waals surface area contributed by atoms with Crippen LogP contribution in [0, 0.1) is 0 Å². The van der Waals surface area contributed by atoms with Crippen LogP contribution < -0.4 is 11.1 Å². The summed E-state index contributed by atoms with van der Waals surface area (Å²) in [4.78, 5) is 11.2. The molecule has 5 heteroatoms. The molecule has 1 amide bonds. The number of nitrogens with zero attached hydrogens (tertiary/aromatic N) is 2. The summed E-state index contributed by atoms with van der Waals surface area (Å²) in [7, 11) is 1.62. The van der Waals surface area contributed by atoms with Gasteiger partial charge in [0.15, 0.2) is 0 Å². The second-order valence-electron chi connectivity index (χ2n) is 3.91. The van der Waals surface area contributed by atoms with Crippen molar-refractivity contribution in [1.29, 1.82) is 0 Å². The van der Waals surface area contributed by atoms with Gasteiger partial charge in [0.1, 0.15) is 6.54 Å². The molecule has 1 aromatic rings. The average Bonchev–Trinajstić information content (AvgIpc) is 2.62. The zero-order chi connectivity index (χ0) is 10.8. The summed E-state index contributed by atoms with van der Waals surface area (Å²) in [5.74, 6) is -0.0385. The fourth-order valence-corrected chi connectivity index (χ4v) is 1.94. The van der Waals surface area contributed by atoms with Crippen molar-refractivity contribution in [2.75, 3.05) is 7.05 Å². The predicted molar refractivity (Wildman–Crippen MR) is 56.2 cm³/mol. The number of fused-ring (bicyclic) bond motifs is 1. The average molecular weight is 208 g/mol. The van der Waals surface area contributed by atoms with E-state index >= 15 is 0 Å². The van der Waals surface area contributed by atoms with Crippen LogP contribution in [-0.2, 0) is 17.8 Å². The van der Waals surface area contributed by atoms with Crippen LogP contribution >= 0.6 is 0 Å². The molecule has 1 atom stereocenters. The first-order chi connectivity index (χ1) is 7.20. The number of rotatable bonds is 2. The summed E-state index contributed by atoms with van der Waals surface area (Å²) in [5.41, 5.74) is 8.10. The van der Waals surface area contributed by atoms with Gasteiger partial charge in [-0.1, -0.05) is 0 Å². The fourth-order valence-electron chi connectivity index (χ4n) is 1.94. The molecule has 0 aliphatic heterocycles. The van der Waals surface area contributed by atoms with Crippen molar-refractivity contribution < 1.29 is 4.79 Å². The summed E-state index contributed by atoms with van der Waals surface area (Å²) in [6.45, 7) is 0.274. The van der Waals surface area contributed by atoms with Crippen molar-refractivity contribution in [2.45, 2.75) is 31.8 Å². The van der Waals surface area contributed by atoms with Crippen LogP contribution in [0.3, 0.4) is 0 Å². The van der Waals surface area contributed by atoms with Gasteiger partial charge in [-0.3, -0.25) is 9.48 Å². The van der Waals surface area contributed by atoms with Crippen molar-refractivity contribution in [1.82, 2.24) is 15.1 Å². The monoisotopic (exact) mass is 208 g/mol. The Kier molecular flexibility index (Phi) is 2.73. The Balaban J connectivity index is 2.18. The highest BCUT2D eigenvalue weighted by Gasteiger charge is 2.20.